The van der Waals surface area contributed by atoms with Crippen LogP contribution in [0, 0.1) is 5.92 Å². The van der Waals surface area contributed by atoms with Gasteiger partial charge in [0.1, 0.15) is 0 Å². The maximum atomic E-state index is 13.0. The molecule has 2 aliphatic rings. The van der Waals surface area contributed by atoms with Crippen LogP contribution in [0.15, 0.2) is 6.20 Å². The third-order valence-corrected chi connectivity index (χ3v) is 5.10. The molecule has 1 aromatic heterocycles. The Morgan fingerprint density at radius 1 is 1.43 bits per heavy atom. The number of carboxylic acids is 1. The van der Waals surface area contributed by atoms with Crippen molar-refractivity contribution in [2.24, 2.45) is 5.92 Å². The number of carboxylic acid groups (broad SMARTS) is 1. The molecular weight excluding hydrogens is 306 g/mol. The Kier molecular flexibility index (Phi) is 4.35. The van der Waals surface area contributed by atoms with E-state index in [1.165, 1.54) is 6.20 Å². The second-order valence-electron chi connectivity index (χ2n) is 6.83. The quantitative estimate of drug-likeness (QED) is 0.868. The van der Waals surface area contributed by atoms with Crippen LogP contribution in [0.2, 0.25) is 0 Å². The van der Waals surface area contributed by atoms with Crippen molar-refractivity contribution in [3.63, 3.8) is 0 Å². The third-order valence-electron chi connectivity index (χ3n) is 5.10. The topological polar surface area (TPSA) is 80.0 Å². The van der Waals surface area contributed by atoms with E-state index >= 15 is 0 Å². The Bertz CT molecular complexity index is 570. The second kappa shape index (κ2) is 6.14. The van der Waals surface area contributed by atoms with Crippen molar-refractivity contribution < 1.29 is 18.7 Å². The molecule has 0 saturated heterocycles. The fraction of sp³-hybridized carbons (Fsp3) is 0.800. The molecule has 0 amide bonds. The summed E-state index contributed by atoms with van der Waals surface area (Å²) in [4.78, 5) is 11.0. The summed E-state index contributed by atoms with van der Waals surface area (Å²) < 4.78 is 27.7. The summed E-state index contributed by atoms with van der Waals surface area (Å²) in [6.45, 7) is 1.95. The van der Waals surface area contributed by atoms with Gasteiger partial charge in [0.15, 0.2) is 5.69 Å². The summed E-state index contributed by atoms with van der Waals surface area (Å²) >= 11 is 0. The molecule has 0 radical (unpaired) electrons. The molecule has 2 N–H and O–H groups in total. The average molecular weight is 328 g/mol. The molecule has 8 heteroatoms. The number of halogens is 2. The fourth-order valence-electron chi connectivity index (χ4n) is 3.69. The van der Waals surface area contributed by atoms with Crippen molar-refractivity contribution in [1.82, 2.24) is 20.3 Å². The fourth-order valence-corrected chi connectivity index (χ4v) is 3.69. The molecule has 3 atom stereocenters. The zero-order valence-corrected chi connectivity index (χ0v) is 13.1. The van der Waals surface area contributed by atoms with E-state index in [0.717, 1.165) is 25.7 Å². The highest BCUT2D eigenvalue weighted by Gasteiger charge is 2.47. The Morgan fingerprint density at radius 2 is 2.13 bits per heavy atom. The number of hydrogen-bond acceptors (Lipinski definition) is 4. The van der Waals surface area contributed by atoms with Crippen molar-refractivity contribution in [1.29, 1.82) is 0 Å². The molecule has 23 heavy (non-hydrogen) atoms. The Hall–Kier alpha value is -1.57. The predicted octanol–water partition coefficient (Wildman–Crippen LogP) is 2.48. The first-order valence-corrected chi connectivity index (χ1v) is 8.15. The zero-order valence-electron chi connectivity index (χ0n) is 13.1. The lowest BCUT2D eigenvalue weighted by Gasteiger charge is -2.42. The molecule has 0 spiro atoms. The number of aromatic nitrogens is 3. The van der Waals surface area contributed by atoms with Crippen molar-refractivity contribution in [3.05, 3.63) is 11.9 Å². The van der Waals surface area contributed by atoms with E-state index in [0.29, 0.717) is 0 Å². The number of nitrogens with one attached hydrogen (secondary N) is 1. The van der Waals surface area contributed by atoms with E-state index in [-0.39, 0.29) is 42.6 Å². The number of rotatable bonds is 5. The Balaban J connectivity index is 1.65. The van der Waals surface area contributed by atoms with Crippen molar-refractivity contribution in [2.75, 3.05) is 0 Å². The molecule has 0 aliphatic heterocycles. The third kappa shape index (κ3) is 3.52. The van der Waals surface area contributed by atoms with Gasteiger partial charge in [-0.1, -0.05) is 18.1 Å². The molecule has 2 aliphatic carbocycles. The molecule has 2 saturated carbocycles. The SMILES string of the molecule is CC(N[C@@H]1CCCC[C@@H]1n1cc(C(=O)O)nn1)C1CC(F)(F)C1. The van der Waals surface area contributed by atoms with E-state index in [2.05, 4.69) is 15.6 Å². The van der Waals surface area contributed by atoms with Crippen LogP contribution in [0.3, 0.4) is 0 Å². The molecule has 6 nitrogen and oxygen atoms in total. The predicted molar refractivity (Wildman–Crippen MR) is 78.5 cm³/mol. The summed E-state index contributed by atoms with van der Waals surface area (Å²) in [5, 5.41) is 20.1. The summed E-state index contributed by atoms with van der Waals surface area (Å²) in [5.74, 6) is -3.60. The van der Waals surface area contributed by atoms with E-state index in [1.54, 1.807) is 4.68 Å². The van der Waals surface area contributed by atoms with Crippen LogP contribution in [-0.4, -0.2) is 44.1 Å². The minimum absolute atomic E-state index is 0.00194. The van der Waals surface area contributed by atoms with Crippen molar-refractivity contribution in [3.8, 4) is 0 Å². The van der Waals surface area contributed by atoms with Crippen LogP contribution in [0.1, 0.15) is 62.0 Å². The van der Waals surface area contributed by atoms with Gasteiger partial charge in [0.25, 0.3) is 0 Å². The summed E-state index contributed by atoms with van der Waals surface area (Å²) in [6.07, 6.45) is 5.28. The van der Waals surface area contributed by atoms with Crippen LogP contribution in [0.5, 0.6) is 0 Å². The Labute approximate surface area is 133 Å². The number of aromatic carboxylic acids is 1. The van der Waals surface area contributed by atoms with Gasteiger partial charge in [-0.2, -0.15) is 0 Å². The summed E-state index contributed by atoms with van der Waals surface area (Å²) in [7, 11) is 0. The maximum Gasteiger partial charge on any atom is 0.358 e. The van der Waals surface area contributed by atoms with Crippen LogP contribution in [-0.2, 0) is 0 Å². The van der Waals surface area contributed by atoms with E-state index in [1.807, 2.05) is 6.92 Å². The van der Waals surface area contributed by atoms with Gasteiger partial charge in [0.05, 0.1) is 12.2 Å². The standard InChI is InChI=1S/C15H22F2N4O2/c1-9(10-6-15(16,17)7-10)18-11-4-2-3-5-13(11)21-8-12(14(22)23)19-20-21/h8-11,13,18H,2-7H2,1H3,(H,22,23)/t9?,11-,13+/m1/s1. The highest BCUT2D eigenvalue weighted by molar-refractivity contribution is 5.84. The second-order valence-corrected chi connectivity index (χ2v) is 6.83. The van der Waals surface area contributed by atoms with E-state index < -0.39 is 11.9 Å². The smallest absolute Gasteiger partial charge is 0.358 e. The number of hydrogen-bond donors (Lipinski definition) is 2. The van der Waals surface area contributed by atoms with Gasteiger partial charge in [0.2, 0.25) is 5.92 Å². The molecule has 3 rings (SSSR count). The van der Waals surface area contributed by atoms with Crippen LogP contribution < -0.4 is 5.32 Å². The van der Waals surface area contributed by atoms with Crippen molar-refractivity contribution in [2.45, 2.75) is 69.5 Å². The monoisotopic (exact) mass is 328 g/mol. The van der Waals surface area contributed by atoms with E-state index in [9.17, 15) is 13.6 Å². The molecular formula is C15H22F2N4O2. The summed E-state index contributed by atoms with van der Waals surface area (Å²) in [6, 6.07) is 0.145. The molecule has 1 aromatic rings. The molecule has 0 aromatic carbocycles. The Morgan fingerprint density at radius 3 is 2.74 bits per heavy atom. The van der Waals surface area contributed by atoms with Crippen LogP contribution >= 0.6 is 0 Å². The lowest BCUT2D eigenvalue weighted by Crippen LogP contribution is -2.52. The first-order chi connectivity index (χ1) is 10.9. The maximum absolute atomic E-state index is 13.0. The lowest BCUT2D eigenvalue weighted by molar-refractivity contribution is -0.119. The zero-order chi connectivity index (χ0) is 16.6. The van der Waals surface area contributed by atoms with Gasteiger partial charge < -0.3 is 10.4 Å². The van der Waals surface area contributed by atoms with Gasteiger partial charge >= 0.3 is 5.97 Å². The van der Waals surface area contributed by atoms with Gasteiger partial charge in [-0.3, -0.25) is 0 Å². The van der Waals surface area contributed by atoms with Crippen LogP contribution in [0.25, 0.3) is 0 Å². The van der Waals surface area contributed by atoms with Gasteiger partial charge in [0, 0.05) is 24.9 Å². The lowest BCUT2D eigenvalue weighted by atomic mass is 9.76. The molecule has 0 bridgehead atoms. The first kappa shape index (κ1) is 16.3. The molecule has 2 fully saturated rings. The van der Waals surface area contributed by atoms with Crippen molar-refractivity contribution >= 4 is 5.97 Å². The summed E-state index contributed by atoms with van der Waals surface area (Å²) in [5.41, 5.74) is -0.0685. The highest BCUT2D eigenvalue weighted by Crippen LogP contribution is 2.44. The normalized spacial score (nSPS) is 29.0. The van der Waals surface area contributed by atoms with Crippen LogP contribution in [0.4, 0.5) is 8.78 Å². The highest BCUT2D eigenvalue weighted by atomic mass is 19.3. The molecule has 1 heterocycles. The van der Waals surface area contributed by atoms with Gasteiger partial charge in [-0.25, -0.2) is 18.3 Å². The van der Waals surface area contributed by atoms with Gasteiger partial charge in [-0.15, -0.1) is 5.10 Å². The van der Waals surface area contributed by atoms with E-state index in [4.69, 9.17) is 5.11 Å². The average Bonchev–Trinajstić information content (AvgIpc) is 2.95. The molecule has 128 valence electrons. The minimum Gasteiger partial charge on any atom is -0.476 e. The number of nitrogens with zero attached hydrogens (tertiary/aromatic N) is 3. The number of carbonyl (C=O) groups is 1. The minimum atomic E-state index is -2.51. The first-order valence-electron chi connectivity index (χ1n) is 8.15. The largest absolute Gasteiger partial charge is 0.476 e. The van der Waals surface area contributed by atoms with Gasteiger partial charge in [-0.05, 0) is 25.7 Å². The molecule has 1 unspecified atom stereocenters. The number of alkyl halides is 2.